The van der Waals surface area contributed by atoms with Gasteiger partial charge in [0.05, 0.1) is 5.56 Å². The van der Waals surface area contributed by atoms with Crippen molar-refractivity contribution in [2.75, 3.05) is 0 Å². The normalized spacial score (nSPS) is 10.8. The highest BCUT2D eigenvalue weighted by Gasteiger charge is 2.13. The lowest BCUT2D eigenvalue weighted by atomic mass is 10.1. The number of thiocarbonyl (C=S) groups is 1. The smallest absolute Gasteiger partial charge is 0.270 e. The van der Waals surface area contributed by atoms with Gasteiger partial charge in [-0.1, -0.05) is 0 Å². The lowest BCUT2D eigenvalue weighted by Gasteiger charge is -2.23. The number of carbonyl (C=O) groups is 1. The summed E-state index contributed by atoms with van der Waals surface area (Å²) in [6, 6.07) is 3.87. The fraction of sp³-hybridized carbons (Fsp3) is 0.333. The molecule has 3 N–H and O–H groups in total. The van der Waals surface area contributed by atoms with Crippen LogP contribution in [0.4, 0.5) is 4.39 Å². The number of carbonyl (C=O) groups excluding carboxylic acids is 1. The van der Waals surface area contributed by atoms with Crippen LogP contribution in [-0.4, -0.2) is 16.6 Å². The van der Waals surface area contributed by atoms with Crippen LogP contribution in [0.25, 0.3) is 0 Å². The Morgan fingerprint density at radius 1 is 1.32 bits per heavy atom. The van der Waals surface area contributed by atoms with Gasteiger partial charge in [0, 0.05) is 10.0 Å². The van der Waals surface area contributed by atoms with E-state index >= 15 is 0 Å². The van der Waals surface area contributed by atoms with Gasteiger partial charge in [0.1, 0.15) is 5.82 Å². The Hall–Kier alpha value is -1.21. The summed E-state index contributed by atoms with van der Waals surface area (Å²) >= 11 is 8.19. The number of benzene rings is 1. The zero-order valence-corrected chi connectivity index (χ0v) is 13.2. The van der Waals surface area contributed by atoms with Gasteiger partial charge in [-0.05, 0) is 67.1 Å². The molecule has 1 rings (SSSR count). The standard InChI is InChI=1S/C12H15BrFN3OS/c1-12(2,3)15-11(19)17-16-10(18)8-6-7(14)4-5-9(8)13/h4-6H,1-3H3,(H,16,18)(H2,15,17,19). The summed E-state index contributed by atoms with van der Waals surface area (Å²) in [5.74, 6) is -0.965. The number of hydrazine groups is 1. The lowest BCUT2D eigenvalue weighted by Crippen LogP contribution is -2.52. The number of hydrogen-bond acceptors (Lipinski definition) is 2. The zero-order valence-electron chi connectivity index (χ0n) is 10.8. The minimum absolute atomic E-state index is 0.186. The van der Waals surface area contributed by atoms with Crippen molar-refractivity contribution in [3.05, 3.63) is 34.1 Å². The second-order valence-corrected chi connectivity index (χ2v) is 6.17. The van der Waals surface area contributed by atoms with Crippen LogP contribution in [0, 0.1) is 5.82 Å². The zero-order chi connectivity index (χ0) is 14.6. The molecule has 0 atom stereocenters. The summed E-state index contributed by atoms with van der Waals surface area (Å²) in [5, 5.41) is 3.26. The minimum atomic E-state index is -0.483. The van der Waals surface area contributed by atoms with Gasteiger partial charge in [0.2, 0.25) is 0 Å². The van der Waals surface area contributed by atoms with Crippen molar-refractivity contribution in [1.29, 1.82) is 0 Å². The molecule has 1 aromatic rings. The van der Waals surface area contributed by atoms with E-state index in [1.54, 1.807) is 0 Å². The highest BCUT2D eigenvalue weighted by molar-refractivity contribution is 9.10. The number of rotatable bonds is 1. The van der Waals surface area contributed by atoms with E-state index < -0.39 is 11.7 Å². The molecular weight excluding hydrogens is 333 g/mol. The quantitative estimate of drug-likeness (QED) is 0.539. The van der Waals surface area contributed by atoms with Gasteiger partial charge >= 0.3 is 0 Å². The first-order valence-electron chi connectivity index (χ1n) is 5.52. The first-order chi connectivity index (χ1) is 8.69. The molecule has 4 nitrogen and oxygen atoms in total. The highest BCUT2D eigenvalue weighted by Crippen LogP contribution is 2.17. The van der Waals surface area contributed by atoms with Crippen molar-refractivity contribution in [2.24, 2.45) is 0 Å². The summed E-state index contributed by atoms with van der Waals surface area (Å²) in [6.45, 7) is 5.81. The van der Waals surface area contributed by atoms with Crippen molar-refractivity contribution in [3.63, 3.8) is 0 Å². The molecule has 0 radical (unpaired) electrons. The molecule has 0 bridgehead atoms. The van der Waals surface area contributed by atoms with Gasteiger partial charge in [-0.25, -0.2) is 4.39 Å². The number of amides is 1. The second-order valence-electron chi connectivity index (χ2n) is 4.91. The van der Waals surface area contributed by atoms with E-state index in [9.17, 15) is 9.18 Å². The van der Waals surface area contributed by atoms with Crippen LogP contribution >= 0.6 is 28.1 Å². The van der Waals surface area contributed by atoms with Crippen molar-refractivity contribution in [1.82, 2.24) is 16.2 Å². The van der Waals surface area contributed by atoms with Crippen LogP contribution in [0.5, 0.6) is 0 Å². The van der Waals surface area contributed by atoms with E-state index in [1.165, 1.54) is 12.1 Å². The summed E-state index contributed by atoms with van der Waals surface area (Å²) in [4.78, 5) is 11.8. The Morgan fingerprint density at radius 2 is 1.95 bits per heavy atom. The largest absolute Gasteiger partial charge is 0.357 e. The van der Waals surface area contributed by atoms with Crippen LogP contribution < -0.4 is 16.2 Å². The van der Waals surface area contributed by atoms with Crippen LogP contribution in [0.1, 0.15) is 31.1 Å². The van der Waals surface area contributed by atoms with Crippen molar-refractivity contribution >= 4 is 39.2 Å². The predicted octanol–water partition coefficient (Wildman–Crippen LogP) is 2.50. The van der Waals surface area contributed by atoms with Crippen LogP contribution in [-0.2, 0) is 0 Å². The van der Waals surface area contributed by atoms with Gasteiger partial charge in [-0.15, -0.1) is 0 Å². The fourth-order valence-electron chi connectivity index (χ4n) is 1.22. The Morgan fingerprint density at radius 3 is 2.53 bits per heavy atom. The highest BCUT2D eigenvalue weighted by atomic mass is 79.9. The average molecular weight is 348 g/mol. The Balaban J connectivity index is 2.61. The number of nitrogens with one attached hydrogen (secondary N) is 3. The molecule has 19 heavy (non-hydrogen) atoms. The Labute approximate surface area is 125 Å². The van der Waals surface area contributed by atoms with Crippen LogP contribution in [0.3, 0.4) is 0 Å². The Kier molecular flexibility index (Phi) is 5.25. The summed E-state index contributed by atoms with van der Waals surface area (Å²) in [6.07, 6.45) is 0. The molecule has 1 aromatic carbocycles. The summed E-state index contributed by atoms with van der Waals surface area (Å²) in [7, 11) is 0. The lowest BCUT2D eigenvalue weighted by molar-refractivity contribution is 0.0942. The van der Waals surface area contributed by atoms with E-state index in [0.29, 0.717) is 4.47 Å². The topological polar surface area (TPSA) is 53.2 Å². The molecule has 0 aliphatic heterocycles. The molecule has 0 spiro atoms. The molecule has 1 amide bonds. The monoisotopic (exact) mass is 347 g/mol. The molecule has 104 valence electrons. The van der Waals surface area contributed by atoms with E-state index in [-0.39, 0.29) is 16.2 Å². The maximum Gasteiger partial charge on any atom is 0.270 e. The Bertz CT molecular complexity index is 502. The first-order valence-corrected chi connectivity index (χ1v) is 6.73. The molecule has 0 aliphatic carbocycles. The van der Waals surface area contributed by atoms with Crippen molar-refractivity contribution < 1.29 is 9.18 Å². The van der Waals surface area contributed by atoms with E-state index in [2.05, 4.69) is 32.1 Å². The molecule has 7 heteroatoms. The summed E-state index contributed by atoms with van der Waals surface area (Å²) in [5.41, 5.74) is 4.93. The molecule has 0 heterocycles. The van der Waals surface area contributed by atoms with Gasteiger partial charge in [0.15, 0.2) is 5.11 Å². The minimum Gasteiger partial charge on any atom is -0.357 e. The van der Waals surface area contributed by atoms with Crippen LogP contribution in [0.15, 0.2) is 22.7 Å². The molecule has 0 aromatic heterocycles. The van der Waals surface area contributed by atoms with E-state index in [1.807, 2.05) is 20.8 Å². The first kappa shape index (κ1) is 15.8. The SMILES string of the molecule is CC(C)(C)NC(=S)NNC(=O)c1cc(F)ccc1Br. The predicted molar refractivity (Wildman–Crippen MR) is 80.2 cm³/mol. The third kappa shape index (κ3) is 5.52. The molecular formula is C12H15BrFN3OS. The number of hydrogen-bond donors (Lipinski definition) is 3. The second kappa shape index (κ2) is 6.29. The third-order valence-electron chi connectivity index (χ3n) is 1.95. The molecule has 0 saturated carbocycles. The van der Waals surface area contributed by atoms with Gasteiger partial charge in [-0.2, -0.15) is 0 Å². The third-order valence-corrected chi connectivity index (χ3v) is 2.85. The molecule has 0 saturated heterocycles. The number of halogens is 2. The average Bonchev–Trinajstić information content (AvgIpc) is 2.27. The van der Waals surface area contributed by atoms with Gasteiger partial charge in [-0.3, -0.25) is 15.6 Å². The van der Waals surface area contributed by atoms with E-state index in [0.717, 1.165) is 6.07 Å². The van der Waals surface area contributed by atoms with Crippen molar-refractivity contribution in [2.45, 2.75) is 26.3 Å². The molecule has 0 unspecified atom stereocenters. The van der Waals surface area contributed by atoms with Gasteiger partial charge in [0.25, 0.3) is 5.91 Å². The fourth-order valence-corrected chi connectivity index (χ4v) is 2.01. The summed E-state index contributed by atoms with van der Waals surface area (Å²) < 4.78 is 13.6. The van der Waals surface area contributed by atoms with Crippen LogP contribution in [0.2, 0.25) is 0 Å². The molecule has 0 fully saturated rings. The van der Waals surface area contributed by atoms with E-state index in [4.69, 9.17) is 12.2 Å². The van der Waals surface area contributed by atoms with Gasteiger partial charge < -0.3 is 5.32 Å². The maximum atomic E-state index is 13.1. The maximum absolute atomic E-state index is 13.1. The van der Waals surface area contributed by atoms with Crippen molar-refractivity contribution in [3.8, 4) is 0 Å². The molecule has 0 aliphatic rings.